The molecule has 136 valence electrons. The first kappa shape index (κ1) is 18.2. The second-order valence-electron chi connectivity index (χ2n) is 5.88. The summed E-state index contributed by atoms with van der Waals surface area (Å²) in [6, 6.07) is 24.9. The third kappa shape index (κ3) is 4.73. The van der Waals surface area contributed by atoms with E-state index in [9.17, 15) is 9.59 Å². The summed E-state index contributed by atoms with van der Waals surface area (Å²) < 4.78 is 5.11. The Morgan fingerprint density at radius 1 is 0.778 bits per heavy atom. The fraction of sp³-hybridized carbons (Fsp3) is 0.0909. The summed E-state index contributed by atoms with van der Waals surface area (Å²) in [5.74, 6) is 0.0857. The molecule has 5 heteroatoms. The Labute approximate surface area is 158 Å². The number of Topliss-reactive ketones (excluding diaryl/α,β-unsaturated/α-hetero) is 1. The maximum absolute atomic E-state index is 12.9. The predicted molar refractivity (Wildman–Crippen MR) is 105 cm³/mol. The van der Waals surface area contributed by atoms with Gasteiger partial charge in [0.05, 0.1) is 7.11 Å². The molecule has 3 rings (SSSR count). The number of methoxy groups -OCH3 is 1. The van der Waals surface area contributed by atoms with E-state index in [0.29, 0.717) is 16.9 Å². The molecule has 0 aliphatic carbocycles. The zero-order valence-electron chi connectivity index (χ0n) is 14.9. The van der Waals surface area contributed by atoms with E-state index in [1.165, 1.54) is 0 Å². The molecule has 0 radical (unpaired) electrons. The van der Waals surface area contributed by atoms with E-state index in [2.05, 4.69) is 10.6 Å². The number of carbonyl (C=O) groups excluding carboxylic acids is 2. The molecule has 0 aliphatic rings. The zero-order chi connectivity index (χ0) is 19.1. The molecule has 3 aromatic carbocycles. The molecule has 2 N–H and O–H groups in total. The average Bonchev–Trinajstić information content (AvgIpc) is 2.74. The van der Waals surface area contributed by atoms with Crippen LogP contribution in [0.4, 0.5) is 5.69 Å². The van der Waals surface area contributed by atoms with Crippen molar-refractivity contribution in [3.05, 3.63) is 96.1 Å². The molecule has 3 aromatic rings. The van der Waals surface area contributed by atoms with Crippen LogP contribution >= 0.6 is 0 Å². The van der Waals surface area contributed by atoms with Crippen molar-refractivity contribution in [2.45, 2.75) is 6.17 Å². The summed E-state index contributed by atoms with van der Waals surface area (Å²) in [4.78, 5) is 25.6. The van der Waals surface area contributed by atoms with Crippen LogP contribution in [0, 0.1) is 0 Å². The van der Waals surface area contributed by atoms with Gasteiger partial charge in [0, 0.05) is 16.8 Å². The fourth-order valence-corrected chi connectivity index (χ4v) is 2.59. The molecule has 5 nitrogen and oxygen atoms in total. The van der Waals surface area contributed by atoms with E-state index >= 15 is 0 Å². The minimum atomic E-state index is -0.899. The highest BCUT2D eigenvalue weighted by Crippen LogP contribution is 2.13. The number of ketones is 1. The van der Waals surface area contributed by atoms with Gasteiger partial charge in [-0.2, -0.15) is 0 Å². The zero-order valence-corrected chi connectivity index (χ0v) is 14.9. The molecule has 0 spiro atoms. The van der Waals surface area contributed by atoms with Crippen molar-refractivity contribution in [1.82, 2.24) is 5.32 Å². The van der Waals surface area contributed by atoms with Gasteiger partial charge >= 0.3 is 0 Å². The molecule has 0 bridgehead atoms. The van der Waals surface area contributed by atoms with Crippen molar-refractivity contribution < 1.29 is 14.3 Å². The van der Waals surface area contributed by atoms with Gasteiger partial charge in [0.2, 0.25) is 5.78 Å². The normalized spacial score (nSPS) is 11.3. The van der Waals surface area contributed by atoms with Crippen LogP contribution in [0.15, 0.2) is 84.9 Å². The Hall–Kier alpha value is -3.60. The van der Waals surface area contributed by atoms with Crippen LogP contribution in [-0.2, 0) is 0 Å². The monoisotopic (exact) mass is 360 g/mol. The summed E-state index contributed by atoms with van der Waals surface area (Å²) in [7, 11) is 1.56. The van der Waals surface area contributed by atoms with E-state index in [-0.39, 0.29) is 11.7 Å². The maximum atomic E-state index is 12.9. The van der Waals surface area contributed by atoms with Gasteiger partial charge in [-0.25, -0.2) is 0 Å². The molecule has 0 saturated heterocycles. The van der Waals surface area contributed by atoms with Crippen molar-refractivity contribution in [3.8, 4) is 5.75 Å². The minimum Gasteiger partial charge on any atom is -0.497 e. The first-order chi connectivity index (χ1) is 13.2. The molecular formula is C22H20N2O3. The second kappa shape index (κ2) is 8.67. The summed E-state index contributed by atoms with van der Waals surface area (Å²) in [6.07, 6.45) is -0.899. The van der Waals surface area contributed by atoms with Crippen molar-refractivity contribution in [2.75, 3.05) is 12.4 Å². The second-order valence-corrected chi connectivity index (χ2v) is 5.88. The topological polar surface area (TPSA) is 67.4 Å². The van der Waals surface area contributed by atoms with Crippen molar-refractivity contribution in [1.29, 1.82) is 0 Å². The van der Waals surface area contributed by atoms with Gasteiger partial charge in [-0.3, -0.25) is 9.59 Å². The summed E-state index contributed by atoms with van der Waals surface area (Å²) in [5.41, 5.74) is 1.69. The van der Waals surface area contributed by atoms with Gasteiger partial charge in [0.15, 0.2) is 6.17 Å². The summed E-state index contributed by atoms with van der Waals surface area (Å²) in [5, 5.41) is 5.87. The molecule has 0 heterocycles. The molecule has 1 atom stereocenters. The van der Waals surface area contributed by atoms with Gasteiger partial charge in [0.1, 0.15) is 5.75 Å². The predicted octanol–water partition coefficient (Wildman–Crippen LogP) is 3.75. The lowest BCUT2D eigenvalue weighted by Crippen LogP contribution is -2.46. The van der Waals surface area contributed by atoms with Crippen molar-refractivity contribution in [3.63, 3.8) is 0 Å². The highest BCUT2D eigenvalue weighted by Gasteiger charge is 2.22. The SMILES string of the molecule is COc1ccc(C(=O)NC(Nc2ccccc2)C(=O)c2ccccc2)cc1. The third-order valence-electron chi connectivity index (χ3n) is 4.03. The maximum Gasteiger partial charge on any atom is 0.253 e. The van der Waals surface area contributed by atoms with Gasteiger partial charge in [-0.15, -0.1) is 0 Å². The fourth-order valence-electron chi connectivity index (χ4n) is 2.59. The Morgan fingerprint density at radius 2 is 1.37 bits per heavy atom. The van der Waals surface area contributed by atoms with Crippen LogP contribution in [-0.4, -0.2) is 25.0 Å². The van der Waals surface area contributed by atoms with Crippen LogP contribution in [0.25, 0.3) is 0 Å². The first-order valence-electron chi connectivity index (χ1n) is 8.53. The number of hydrogen-bond acceptors (Lipinski definition) is 4. The average molecular weight is 360 g/mol. The Balaban J connectivity index is 1.82. The molecular weight excluding hydrogens is 340 g/mol. The van der Waals surface area contributed by atoms with Crippen molar-refractivity contribution in [2.24, 2.45) is 0 Å². The van der Waals surface area contributed by atoms with Gasteiger partial charge < -0.3 is 15.4 Å². The number of benzene rings is 3. The third-order valence-corrected chi connectivity index (χ3v) is 4.03. The highest BCUT2D eigenvalue weighted by atomic mass is 16.5. The lowest BCUT2D eigenvalue weighted by Gasteiger charge is -2.20. The van der Waals surface area contributed by atoms with Gasteiger partial charge in [-0.1, -0.05) is 48.5 Å². The van der Waals surface area contributed by atoms with Crippen molar-refractivity contribution >= 4 is 17.4 Å². The Bertz CT molecular complexity index is 894. The number of hydrogen-bond donors (Lipinski definition) is 2. The first-order valence-corrected chi connectivity index (χ1v) is 8.53. The number of anilines is 1. The number of para-hydroxylation sites is 1. The molecule has 27 heavy (non-hydrogen) atoms. The number of rotatable bonds is 7. The van der Waals surface area contributed by atoms with Gasteiger partial charge in [0.25, 0.3) is 5.91 Å². The Kier molecular flexibility index (Phi) is 5.84. The van der Waals surface area contributed by atoms with Crippen LogP contribution in [0.5, 0.6) is 5.75 Å². The molecule has 0 saturated carbocycles. The standard InChI is InChI=1S/C22H20N2O3/c1-27-19-14-12-17(13-15-19)22(26)24-21(23-18-10-6-3-7-11-18)20(25)16-8-4-2-5-9-16/h2-15,21,23H,1H3,(H,24,26). The molecule has 0 fully saturated rings. The summed E-state index contributed by atoms with van der Waals surface area (Å²) in [6.45, 7) is 0. The van der Waals surface area contributed by atoms with E-state index in [4.69, 9.17) is 4.74 Å². The van der Waals surface area contributed by atoms with E-state index < -0.39 is 6.17 Å². The number of ether oxygens (including phenoxy) is 1. The molecule has 1 unspecified atom stereocenters. The summed E-state index contributed by atoms with van der Waals surface area (Å²) >= 11 is 0. The van der Waals surface area contributed by atoms with Crippen LogP contribution in [0.2, 0.25) is 0 Å². The van der Waals surface area contributed by atoms with Crippen LogP contribution in [0.3, 0.4) is 0 Å². The lowest BCUT2D eigenvalue weighted by atomic mass is 10.1. The molecule has 1 amide bonds. The highest BCUT2D eigenvalue weighted by molar-refractivity contribution is 6.05. The Morgan fingerprint density at radius 3 is 1.96 bits per heavy atom. The number of carbonyl (C=O) groups is 2. The number of nitrogens with one attached hydrogen (secondary N) is 2. The van der Waals surface area contributed by atoms with Crippen LogP contribution in [0.1, 0.15) is 20.7 Å². The lowest BCUT2D eigenvalue weighted by molar-refractivity contribution is 0.0869. The largest absolute Gasteiger partial charge is 0.497 e. The smallest absolute Gasteiger partial charge is 0.253 e. The van der Waals surface area contributed by atoms with E-state index in [0.717, 1.165) is 5.69 Å². The molecule has 0 aliphatic heterocycles. The number of amides is 1. The van der Waals surface area contributed by atoms with Crippen LogP contribution < -0.4 is 15.4 Å². The molecule has 0 aromatic heterocycles. The van der Waals surface area contributed by atoms with E-state index in [1.807, 2.05) is 36.4 Å². The van der Waals surface area contributed by atoms with E-state index in [1.54, 1.807) is 55.6 Å². The van der Waals surface area contributed by atoms with Gasteiger partial charge in [-0.05, 0) is 36.4 Å². The quantitative estimate of drug-likeness (QED) is 0.497. The minimum absolute atomic E-state index is 0.221.